The van der Waals surface area contributed by atoms with Crippen molar-refractivity contribution < 1.29 is 4.74 Å². The van der Waals surface area contributed by atoms with Crippen molar-refractivity contribution in [3.8, 4) is 11.1 Å². The van der Waals surface area contributed by atoms with Crippen LogP contribution in [0.15, 0.2) is 40.9 Å². The summed E-state index contributed by atoms with van der Waals surface area (Å²) in [7, 11) is 0. The molecule has 0 aromatic heterocycles. The van der Waals surface area contributed by atoms with Gasteiger partial charge in [-0.3, -0.25) is 0 Å². The number of unbranched alkanes of at least 4 members (excludes halogenated alkanes) is 5. The number of hydrogen-bond donors (Lipinski definition) is 0. The predicted octanol–water partition coefficient (Wildman–Crippen LogP) is 10.4. The SMILES string of the molecule is CCCCCCCCC(OCc1ccc(-c2ccc(Br)cc2C)cc1C)C(C)(C)C(C)(C)C. The van der Waals surface area contributed by atoms with Gasteiger partial charge in [-0.1, -0.05) is 120 Å². The maximum atomic E-state index is 6.71. The second kappa shape index (κ2) is 12.5. The van der Waals surface area contributed by atoms with E-state index in [0.29, 0.717) is 6.61 Å². The summed E-state index contributed by atoms with van der Waals surface area (Å²) in [4.78, 5) is 0. The fraction of sp³-hybridized carbons (Fsp3) is 0.613. The van der Waals surface area contributed by atoms with Gasteiger partial charge >= 0.3 is 0 Å². The van der Waals surface area contributed by atoms with E-state index in [1.54, 1.807) is 0 Å². The van der Waals surface area contributed by atoms with Crippen molar-refractivity contribution in [3.05, 3.63) is 57.6 Å². The predicted molar refractivity (Wildman–Crippen MR) is 149 cm³/mol. The second-order valence-electron chi connectivity index (χ2n) is 11.4. The largest absolute Gasteiger partial charge is 0.373 e. The van der Waals surface area contributed by atoms with Gasteiger partial charge in [0.2, 0.25) is 0 Å². The molecule has 0 aliphatic carbocycles. The number of hydrogen-bond acceptors (Lipinski definition) is 1. The molecular weight excluding hydrogens is 468 g/mol. The number of aryl methyl sites for hydroxylation is 2. The Hall–Kier alpha value is -1.12. The Balaban J connectivity index is 2.10. The third kappa shape index (κ3) is 7.96. The van der Waals surface area contributed by atoms with Crippen LogP contribution in [0.4, 0.5) is 0 Å². The molecule has 1 nitrogen and oxygen atoms in total. The van der Waals surface area contributed by atoms with Crippen LogP contribution >= 0.6 is 15.9 Å². The lowest BCUT2D eigenvalue weighted by Crippen LogP contribution is -2.42. The van der Waals surface area contributed by atoms with Gasteiger partial charge in [-0.25, -0.2) is 0 Å². The van der Waals surface area contributed by atoms with Gasteiger partial charge in [-0.05, 0) is 71.0 Å². The summed E-state index contributed by atoms with van der Waals surface area (Å²) < 4.78 is 7.83. The fourth-order valence-corrected chi connectivity index (χ4v) is 4.89. The fourth-order valence-electron chi connectivity index (χ4n) is 4.41. The Kier molecular flexibility index (Phi) is 10.7. The summed E-state index contributed by atoms with van der Waals surface area (Å²) in [6.07, 6.45) is 9.38. The van der Waals surface area contributed by atoms with E-state index >= 15 is 0 Å². The average molecular weight is 516 g/mol. The Morgan fingerprint density at radius 3 is 2.09 bits per heavy atom. The molecule has 0 heterocycles. The molecule has 184 valence electrons. The maximum absolute atomic E-state index is 6.71. The van der Waals surface area contributed by atoms with Crippen molar-refractivity contribution in [2.75, 3.05) is 0 Å². The normalized spacial score (nSPS) is 13.4. The van der Waals surface area contributed by atoms with Gasteiger partial charge in [0, 0.05) is 4.47 Å². The highest BCUT2D eigenvalue weighted by molar-refractivity contribution is 9.10. The molecule has 0 bridgehead atoms. The molecular formula is C31H47BrO. The van der Waals surface area contributed by atoms with Crippen LogP contribution in [0.1, 0.15) is 103 Å². The lowest BCUT2D eigenvalue weighted by Gasteiger charge is -2.45. The molecule has 2 rings (SSSR count). The van der Waals surface area contributed by atoms with Gasteiger partial charge in [-0.15, -0.1) is 0 Å². The number of benzene rings is 2. The summed E-state index contributed by atoms with van der Waals surface area (Å²) >= 11 is 3.58. The van der Waals surface area contributed by atoms with Gasteiger partial charge in [0.1, 0.15) is 0 Å². The Morgan fingerprint density at radius 2 is 1.48 bits per heavy atom. The lowest BCUT2D eigenvalue weighted by molar-refractivity contribution is -0.0880. The van der Waals surface area contributed by atoms with E-state index < -0.39 is 0 Å². The first-order valence-electron chi connectivity index (χ1n) is 12.9. The van der Waals surface area contributed by atoms with Crippen molar-refractivity contribution in [1.29, 1.82) is 0 Å². The van der Waals surface area contributed by atoms with Gasteiger partial charge < -0.3 is 4.74 Å². The van der Waals surface area contributed by atoms with E-state index in [2.05, 4.69) is 108 Å². The van der Waals surface area contributed by atoms with E-state index in [0.717, 1.165) is 10.9 Å². The molecule has 0 N–H and O–H groups in total. The standard InChI is InChI=1S/C31H47BrO/c1-9-10-11-12-13-14-15-29(31(7,8)30(4,5)6)33-22-26-17-16-25(20-23(26)2)28-19-18-27(32)21-24(28)3/h16-21,29H,9-15,22H2,1-8H3. The summed E-state index contributed by atoms with van der Waals surface area (Å²) in [5, 5.41) is 0. The molecule has 0 radical (unpaired) electrons. The zero-order valence-corrected chi connectivity index (χ0v) is 24.1. The van der Waals surface area contributed by atoms with Gasteiger partial charge in [-0.2, -0.15) is 0 Å². The number of halogens is 1. The molecule has 0 spiro atoms. The quantitative estimate of drug-likeness (QED) is 0.256. The molecule has 1 atom stereocenters. The summed E-state index contributed by atoms with van der Waals surface area (Å²) in [6, 6.07) is 13.3. The van der Waals surface area contributed by atoms with E-state index in [4.69, 9.17) is 4.74 Å². The first-order chi connectivity index (χ1) is 15.5. The van der Waals surface area contributed by atoms with Crippen LogP contribution in [-0.4, -0.2) is 6.10 Å². The minimum absolute atomic E-state index is 0.110. The zero-order chi connectivity index (χ0) is 24.6. The molecule has 0 saturated heterocycles. The third-order valence-electron chi connectivity index (χ3n) is 7.84. The van der Waals surface area contributed by atoms with Crippen molar-refractivity contribution in [1.82, 2.24) is 0 Å². The zero-order valence-electron chi connectivity index (χ0n) is 22.5. The highest BCUT2D eigenvalue weighted by Crippen LogP contribution is 2.44. The molecule has 2 heteroatoms. The highest BCUT2D eigenvalue weighted by Gasteiger charge is 2.40. The Morgan fingerprint density at radius 1 is 0.818 bits per heavy atom. The molecule has 0 fully saturated rings. The molecule has 1 unspecified atom stereocenters. The Labute approximate surface area is 212 Å². The molecule has 0 saturated carbocycles. The summed E-state index contributed by atoms with van der Waals surface area (Å²) in [5.74, 6) is 0. The van der Waals surface area contributed by atoms with Crippen LogP contribution in [0.5, 0.6) is 0 Å². The van der Waals surface area contributed by atoms with Crippen molar-refractivity contribution in [2.45, 2.75) is 113 Å². The molecule has 0 amide bonds. The van der Waals surface area contributed by atoms with Crippen molar-refractivity contribution in [3.63, 3.8) is 0 Å². The topological polar surface area (TPSA) is 9.23 Å². The van der Waals surface area contributed by atoms with Crippen LogP contribution in [0, 0.1) is 24.7 Å². The maximum Gasteiger partial charge on any atom is 0.0723 e. The first kappa shape index (κ1) is 28.1. The van der Waals surface area contributed by atoms with Gasteiger partial charge in [0.25, 0.3) is 0 Å². The number of ether oxygens (including phenoxy) is 1. The van der Waals surface area contributed by atoms with E-state index in [1.165, 1.54) is 66.3 Å². The molecule has 0 aliphatic rings. The van der Waals surface area contributed by atoms with Crippen LogP contribution in [0.25, 0.3) is 11.1 Å². The Bertz CT molecular complexity index is 875. The number of rotatable bonds is 12. The minimum atomic E-state index is 0.110. The molecule has 33 heavy (non-hydrogen) atoms. The highest BCUT2D eigenvalue weighted by atomic mass is 79.9. The summed E-state index contributed by atoms with van der Waals surface area (Å²) in [5.41, 5.74) is 6.77. The van der Waals surface area contributed by atoms with Crippen LogP contribution in [0.3, 0.4) is 0 Å². The molecule has 0 aliphatic heterocycles. The van der Waals surface area contributed by atoms with Crippen LogP contribution in [-0.2, 0) is 11.3 Å². The van der Waals surface area contributed by atoms with Gasteiger partial charge in [0.05, 0.1) is 12.7 Å². The van der Waals surface area contributed by atoms with Gasteiger partial charge in [0.15, 0.2) is 0 Å². The second-order valence-corrected chi connectivity index (χ2v) is 12.3. The van der Waals surface area contributed by atoms with E-state index in [-0.39, 0.29) is 16.9 Å². The van der Waals surface area contributed by atoms with Crippen molar-refractivity contribution in [2.24, 2.45) is 10.8 Å². The molecule has 2 aromatic carbocycles. The van der Waals surface area contributed by atoms with Crippen LogP contribution in [0.2, 0.25) is 0 Å². The van der Waals surface area contributed by atoms with Crippen molar-refractivity contribution >= 4 is 15.9 Å². The summed E-state index contributed by atoms with van der Waals surface area (Å²) in [6.45, 7) is 19.2. The minimum Gasteiger partial charge on any atom is -0.373 e. The van der Waals surface area contributed by atoms with E-state index in [1.807, 2.05) is 0 Å². The van der Waals surface area contributed by atoms with E-state index in [9.17, 15) is 0 Å². The smallest absolute Gasteiger partial charge is 0.0723 e. The third-order valence-corrected chi connectivity index (χ3v) is 8.33. The first-order valence-corrected chi connectivity index (χ1v) is 13.7. The lowest BCUT2D eigenvalue weighted by atomic mass is 9.65. The average Bonchev–Trinajstić information content (AvgIpc) is 2.72. The molecule has 2 aromatic rings. The van der Waals surface area contributed by atoms with Crippen LogP contribution < -0.4 is 0 Å². The monoisotopic (exact) mass is 514 g/mol.